The molecule has 2 heteroatoms. The summed E-state index contributed by atoms with van der Waals surface area (Å²) in [6, 6.07) is 0. The Bertz CT molecular complexity index is 128. The fourth-order valence-electron chi connectivity index (χ4n) is 2.10. The van der Waals surface area contributed by atoms with Crippen molar-refractivity contribution in [2.45, 2.75) is 57.4 Å². The lowest BCUT2D eigenvalue weighted by molar-refractivity contribution is 0.362. The van der Waals surface area contributed by atoms with E-state index in [1.54, 1.807) is 0 Å². The zero-order valence-electron chi connectivity index (χ0n) is 8.85. The van der Waals surface area contributed by atoms with Gasteiger partial charge in [-0.3, -0.25) is 0 Å². The molecule has 0 atom stereocenters. The second-order valence-corrected chi connectivity index (χ2v) is 5.62. The van der Waals surface area contributed by atoms with Crippen LogP contribution in [-0.4, -0.2) is 17.0 Å². The minimum Gasteiger partial charge on any atom is -0.325 e. The number of hydrogen-bond acceptors (Lipinski definition) is 2. The fourth-order valence-corrected chi connectivity index (χ4v) is 2.94. The van der Waals surface area contributed by atoms with Gasteiger partial charge in [-0.25, -0.2) is 0 Å². The normalized spacial score (nSPS) is 22.6. The molecule has 0 saturated heterocycles. The molecule has 1 nitrogen and oxygen atoms in total. The van der Waals surface area contributed by atoms with Gasteiger partial charge in [0, 0.05) is 5.54 Å². The van der Waals surface area contributed by atoms with Crippen molar-refractivity contribution < 1.29 is 0 Å². The van der Waals surface area contributed by atoms with Crippen molar-refractivity contribution in [3.8, 4) is 0 Å². The van der Waals surface area contributed by atoms with Crippen LogP contribution in [0.2, 0.25) is 0 Å². The molecule has 0 aliphatic heterocycles. The molecule has 1 rings (SSSR count). The average Bonchev–Trinajstić information content (AvgIpc) is 2.31. The Morgan fingerprint density at radius 1 is 1.15 bits per heavy atom. The van der Waals surface area contributed by atoms with Gasteiger partial charge in [0.05, 0.1) is 0 Å². The Morgan fingerprint density at radius 3 is 2.31 bits per heavy atom. The second kappa shape index (κ2) is 5.92. The van der Waals surface area contributed by atoms with E-state index in [1.807, 2.05) is 11.8 Å². The smallest absolute Gasteiger partial charge is 0.0162 e. The Morgan fingerprint density at radius 2 is 1.77 bits per heavy atom. The molecule has 1 fully saturated rings. The minimum absolute atomic E-state index is 0.193. The van der Waals surface area contributed by atoms with Crippen LogP contribution >= 0.6 is 11.8 Å². The first-order valence-electron chi connectivity index (χ1n) is 5.63. The average molecular weight is 201 g/mol. The molecule has 0 bridgehead atoms. The molecule has 0 spiro atoms. The van der Waals surface area contributed by atoms with Crippen LogP contribution in [0.5, 0.6) is 0 Å². The Hall–Kier alpha value is 0.310. The molecular weight excluding hydrogens is 178 g/mol. The van der Waals surface area contributed by atoms with Crippen molar-refractivity contribution in [1.29, 1.82) is 0 Å². The molecule has 0 aromatic heterocycles. The third-order valence-corrected chi connectivity index (χ3v) is 3.95. The molecule has 13 heavy (non-hydrogen) atoms. The Balaban J connectivity index is 2.25. The molecule has 1 aliphatic rings. The summed E-state index contributed by atoms with van der Waals surface area (Å²) in [6.45, 7) is 2.22. The maximum absolute atomic E-state index is 6.39. The van der Waals surface area contributed by atoms with Gasteiger partial charge in [-0.05, 0) is 30.8 Å². The monoisotopic (exact) mass is 201 g/mol. The molecule has 78 valence electrons. The van der Waals surface area contributed by atoms with Gasteiger partial charge in [0.25, 0.3) is 0 Å². The number of nitrogens with two attached hydrogens (primary N) is 1. The summed E-state index contributed by atoms with van der Waals surface area (Å²) in [5.41, 5.74) is 6.58. The number of rotatable bonds is 4. The van der Waals surface area contributed by atoms with Crippen LogP contribution < -0.4 is 5.73 Å². The van der Waals surface area contributed by atoms with E-state index in [-0.39, 0.29) is 5.54 Å². The van der Waals surface area contributed by atoms with Crippen molar-refractivity contribution in [2.75, 3.05) is 11.5 Å². The van der Waals surface area contributed by atoms with Gasteiger partial charge in [-0.15, -0.1) is 0 Å². The molecular formula is C11H23NS. The zero-order chi connectivity index (χ0) is 9.57. The van der Waals surface area contributed by atoms with Crippen LogP contribution in [0.25, 0.3) is 0 Å². The predicted molar refractivity (Wildman–Crippen MR) is 62.2 cm³/mol. The molecule has 2 N–H and O–H groups in total. The summed E-state index contributed by atoms with van der Waals surface area (Å²) in [4.78, 5) is 0. The van der Waals surface area contributed by atoms with E-state index in [9.17, 15) is 0 Å². The van der Waals surface area contributed by atoms with Crippen LogP contribution in [0.1, 0.15) is 51.9 Å². The van der Waals surface area contributed by atoms with Gasteiger partial charge < -0.3 is 5.73 Å². The standard InChI is InChI=1S/C11H23NS/c1-2-13-10-9-11(12)7-5-3-4-6-8-11/h2-10,12H2,1H3. The Kier molecular flexibility index (Phi) is 5.18. The minimum atomic E-state index is 0.193. The predicted octanol–water partition coefficient (Wildman–Crippen LogP) is 3.18. The highest BCUT2D eigenvalue weighted by molar-refractivity contribution is 7.99. The van der Waals surface area contributed by atoms with Gasteiger partial charge in [0.1, 0.15) is 0 Å². The van der Waals surface area contributed by atoms with E-state index in [2.05, 4.69) is 6.92 Å². The molecule has 0 amide bonds. The first-order chi connectivity index (χ1) is 6.27. The summed E-state index contributed by atoms with van der Waals surface area (Å²) >= 11 is 2.03. The lowest BCUT2D eigenvalue weighted by atomic mass is 9.89. The third kappa shape index (κ3) is 4.37. The van der Waals surface area contributed by atoms with Crippen LogP contribution in [0.3, 0.4) is 0 Å². The maximum atomic E-state index is 6.39. The first-order valence-corrected chi connectivity index (χ1v) is 6.79. The number of thioether (sulfide) groups is 1. The highest BCUT2D eigenvalue weighted by atomic mass is 32.2. The maximum Gasteiger partial charge on any atom is 0.0162 e. The fraction of sp³-hybridized carbons (Fsp3) is 1.00. The zero-order valence-corrected chi connectivity index (χ0v) is 9.67. The van der Waals surface area contributed by atoms with Crippen molar-refractivity contribution in [1.82, 2.24) is 0 Å². The quantitative estimate of drug-likeness (QED) is 0.558. The van der Waals surface area contributed by atoms with E-state index in [4.69, 9.17) is 5.73 Å². The van der Waals surface area contributed by atoms with Crippen molar-refractivity contribution in [2.24, 2.45) is 5.73 Å². The molecule has 0 heterocycles. The lowest BCUT2D eigenvalue weighted by Gasteiger charge is -2.27. The molecule has 0 aromatic carbocycles. The molecule has 1 saturated carbocycles. The molecule has 0 unspecified atom stereocenters. The van der Waals surface area contributed by atoms with Gasteiger partial charge in [-0.1, -0.05) is 32.6 Å². The summed E-state index contributed by atoms with van der Waals surface area (Å²) in [5, 5.41) is 0. The van der Waals surface area contributed by atoms with Crippen molar-refractivity contribution in [3.05, 3.63) is 0 Å². The topological polar surface area (TPSA) is 26.0 Å². The van der Waals surface area contributed by atoms with E-state index in [0.29, 0.717) is 0 Å². The van der Waals surface area contributed by atoms with Gasteiger partial charge in [0.15, 0.2) is 0 Å². The van der Waals surface area contributed by atoms with E-state index >= 15 is 0 Å². The third-order valence-electron chi connectivity index (χ3n) is 3.05. The Labute approximate surface area is 86.8 Å². The molecule has 1 aliphatic carbocycles. The highest BCUT2D eigenvalue weighted by Gasteiger charge is 2.25. The van der Waals surface area contributed by atoms with E-state index < -0.39 is 0 Å². The van der Waals surface area contributed by atoms with E-state index in [1.165, 1.54) is 56.5 Å². The van der Waals surface area contributed by atoms with E-state index in [0.717, 1.165) is 0 Å². The summed E-state index contributed by atoms with van der Waals surface area (Å²) < 4.78 is 0. The second-order valence-electron chi connectivity index (χ2n) is 4.22. The van der Waals surface area contributed by atoms with Gasteiger partial charge >= 0.3 is 0 Å². The summed E-state index contributed by atoms with van der Waals surface area (Å²) in [6.07, 6.45) is 9.26. The van der Waals surface area contributed by atoms with Crippen molar-refractivity contribution in [3.63, 3.8) is 0 Å². The largest absolute Gasteiger partial charge is 0.325 e. The summed E-state index contributed by atoms with van der Waals surface area (Å²) in [7, 11) is 0. The SMILES string of the molecule is CCSCCC1(N)CCCCCC1. The van der Waals surface area contributed by atoms with Crippen LogP contribution in [0.4, 0.5) is 0 Å². The van der Waals surface area contributed by atoms with Gasteiger partial charge in [0.2, 0.25) is 0 Å². The van der Waals surface area contributed by atoms with Crippen molar-refractivity contribution >= 4 is 11.8 Å². The molecule has 0 radical (unpaired) electrons. The first kappa shape index (κ1) is 11.4. The molecule has 0 aromatic rings. The van der Waals surface area contributed by atoms with Crippen LogP contribution in [0, 0.1) is 0 Å². The summed E-state index contributed by atoms with van der Waals surface area (Å²) in [5.74, 6) is 2.49. The lowest BCUT2D eigenvalue weighted by Crippen LogP contribution is -2.39. The highest BCUT2D eigenvalue weighted by Crippen LogP contribution is 2.28. The van der Waals surface area contributed by atoms with Crippen LogP contribution in [-0.2, 0) is 0 Å². The van der Waals surface area contributed by atoms with Gasteiger partial charge in [-0.2, -0.15) is 11.8 Å². The van der Waals surface area contributed by atoms with Crippen LogP contribution in [0.15, 0.2) is 0 Å². The number of hydrogen-bond donors (Lipinski definition) is 1.